The van der Waals surface area contributed by atoms with Crippen molar-refractivity contribution in [3.05, 3.63) is 70.9 Å². The summed E-state index contributed by atoms with van der Waals surface area (Å²) in [4.78, 5) is 0. The highest BCUT2D eigenvalue weighted by Crippen LogP contribution is 2.24. The van der Waals surface area contributed by atoms with E-state index in [4.69, 9.17) is 16.3 Å². The Balaban J connectivity index is 1.68. The number of para-hydroxylation sites is 1. The molecule has 3 rings (SSSR count). The van der Waals surface area contributed by atoms with Gasteiger partial charge in [-0.3, -0.25) is 0 Å². The number of hydrogen-bond donors (Lipinski definition) is 1. The molecule has 3 aromatic rings. The topological polar surface area (TPSA) is 26.2 Å². The molecule has 0 aliphatic rings. The molecule has 0 unspecified atom stereocenters. The fourth-order valence-corrected chi connectivity index (χ4v) is 3.34. The first-order chi connectivity index (χ1) is 12.6. The zero-order chi connectivity index (χ0) is 18.4. The fraction of sp³-hybridized carbons (Fsp3) is 0.364. The summed E-state index contributed by atoms with van der Waals surface area (Å²) in [5.74, 6) is 0. The molecule has 0 bridgehead atoms. The third kappa shape index (κ3) is 4.88. The number of ether oxygens (including phenoxy) is 1. The molecule has 0 aliphatic heterocycles. The molecule has 0 aliphatic carbocycles. The van der Waals surface area contributed by atoms with Gasteiger partial charge in [0.15, 0.2) is 0 Å². The van der Waals surface area contributed by atoms with E-state index < -0.39 is 0 Å². The van der Waals surface area contributed by atoms with Crippen molar-refractivity contribution >= 4 is 22.5 Å². The minimum absolute atomic E-state index is 0.304. The second kappa shape index (κ2) is 9.22. The standard InChI is InChI=1S/C22H27ClN2O/c1-17(2)26-13-7-12-24-14-19-16-25(22-11-6-4-9-20(19)22)15-18-8-3-5-10-21(18)23/h3-6,8-11,16-17,24H,7,12-15H2,1-2H3. The molecule has 0 atom stereocenters. The maximum Gasteiger partial charge on any atom is 0.0518 e. The van der Waals surface area contributed by atoms with Gasteiger partial charge in [0.25, 0.3) is 0 Å². The molecule has 26 heavy (non-hydrogen) atoms. The van der Waals surface area contributed by atoms with Gasteiger partial charge in [0, 0.05) is 41.8 Å². The van der Waals surface area contributed by atoms with Crippen LogP contribution in [-0.4, -0.2) is 23.8 Å². The number of halogens is 1. The Morgan fingerprint density at radius 3 is 2.62 bits per heavy atom. The van der Waals surface area contributed by atoms with Crippen molar-refractivity contribution in [2.75, 3.05) is 13.2 Å². The van der Waals surface area contributed by atoms with Gasteiger partial charge < -0.3 is 14.6 Å². The fourth-order valence-electron chi connectivity index (χ4n) is 3.14. The van der Waals surface area contributed by atoms with E-state index in [-0.39, 0.29) is 0 Å². The quantitative estimate of drug-likeness (QED) is 0.521. The molecule has 0 saturated heterocycles. The third-order valence-corrected chi connectivity index (χ3v) is 4.80. The van der Waals surface area contributed by atoms with Gasteiger partial charge in [-0.2, -0.15) is 0 Å². The maximum atomic E-state index is 6.35. The van der Waals surface area contributed by atoms with Crippen molar-refractivity contribution in [2.45, 2.75) is 39.5 Å². The predicted octanol–water partition coefficient (Wildman–Crippen LogP) is 5.25. The van der Waals surface area contributed by atoms with Crippen LogP contribution in [0.25, 0.3) is 10.9 Å². The van der Waals surface area contributed by atoms with Crippen LogP contribution in [0.2, 0.25) is 5.02 Å². The van der Waals surface area contributed by atoms with Gasteiger partial charge >= 0.3 is 0 Å². The number of rotatable bonds is 9. The third-order valence-electron chi connectivity index (χ3n) is 4.43. The normalized spacial score (nSPS) is 11.5. The van der Waals surface area contributed by atoms with E-state index >= 15 is 0 Å². The molecule has 0 fully saturated rings. The Morgan fingerprint density at radius 1 is 1.04 bits per heavy atom. The van der Waals surface area contributed by atoms with Gasteiger partial charge in [-0.1, -0.05) is 48.0 Å². The van der Waals surface area contributed by atoms with Gasteiger partial charge in [0.1, 0.15) is 0 Å². The molecule has 0 spiro atoms. The number of benzene rings is 2. The molecular weight excluding hydrogens is 344 g/mol. The molecular formula is C22H27ClN2O. The molecule has 0 saturated carbocycles. The zero-order valence-corrected chi connectivity index (χ0v) is 16.3. The van der Waals surface area contributed by atoms with Crippen LogP contribution >= 0.6 is 11.6 Å². The van der Waals surface area contributed by atoms with Crippen LogP contribution in [0.3, 0.4) is 0 Å². The van der Waals surface area contributed by atoms with Crippen molar-refractivity contribution in [3.63, 3.8) is 0 Å². The zero-order valence-electron chi connectivity index (χ0n) is 15.5. The Hall–Kier alpha value is -1.81. The summed E-state index contributed by atoms with van der Waals surface area (Å²) in [5, 5.41) is 5.65. The monoisotopic (exact) mass is 370 g/mol. The van der Waals surface area contributed by atoms with Crippen molar-refractivity contribution < 1.29 is 4.74 Å². The van der Waals surface area contributed by atoms with Crippen molar-refractivity contribution in [1.29, 1.82) is 0 Å². The molecule has 2 aromatic carbocycles. The van der Waals surface area contributed by atoms with Crippen molar-refractivity contribution in [2.24, 2.45) is 0 Å². The molecule has 1 aromatic heterocycles. The van der Waals surface area contributed by atoms with E-state index in [9.17, 15) is 0 Å². The van der Waals surface area contributed by atoms with Crippen LogP contribution in [0.1, 0.15) is 31.4 Å². The van der Waals surface area contributed by atoms with Crippen LogP contribution in [0.5, 0.6) is 0 Å². The summed E-state index contributed by atoms with van der Waals surface area (Å²) in [5.41, 5.74) is 3.70. The average Bonchev–Trinajstić information content (AvgIpc) is 2.98. The van der Waals surface area contributed by atoms with E-state index in [2.05, 4.69) is 60.3 Å². The van der Waals surface area contributed by atoms with E-state index in [1.54, 1.807) is 0 Å². The second-order valence-electron chi connectivity index (χ2n) is 6.84. The lowest BCUT2D eigenvalue weighted by molar-refractivity contribution is 0.0770. The molecule has 4 heteroatoms. The van der Waals surface area contributed by atoms with Gasteiger partial charge in [0.2, 0.25) is 0 Å². The van der Waals surface area contributed by atoms with Crippen LogP contribution in [0.15, 0.2) is 54.7 Å². The summed E-state index contributed by atoms with van der Waals surface area (Å²) < 4.78 is 7.88. The summed E-state index contributed by atoms with van der Waals surface area (Å²) >= 11 is 6.35. The molecule has 0 amide bonds. The van der Waals surface area contributed by atoms with E-state index in [1.165, 1.54) is 16.5 Å². The number of fused-ring (bicyclic) bond motifs is 1. The Bertz CT molecular complexity index is 841. The highest BCUT2D eigenvalue weighted by atomic mass is 35.5. The van der Waals surface area contributed by atoms with Crippen LogP contribution in [0.4, 0.5) is 0 Å². The largest absolute Gasteiger partial charge is 0.379 e. The van der Waals surface area contributed by atoms with Gasteiger partial charge in [-0.05, 0) is 50.1 Å². The van der Waals surface area contributed by atoms with Gasteiger partial charge in [-0.25, -0.2) is 0 Å². The number of nitrogens with one attached hydrogen (secondary N) is 1. The molecule has 3 nitrogen and oxygen atoms in total. The highest BCUT2D eigenvalue weighted by Gasteiger charge is 2.09. The Labute approximate surface area is 160 Å². The molecule has 138 valence electrons. The highest BCUT2D eigenvalue weighted by molar-refractivity contribution is 6.31. The Kier molecular flexibility index (Phi) is 6.73. The average molecular weight is 371 g/mol. The van der Waals surface area contributed by atoms with Crippen LogP contribution in [-0.2, 0) is 17.8 Å². The lowest BCUT2D eigenvalue weighted by Gasteiger charge is -2.08. The van der Waals surface area contributed by atoms with E-state index in [0.717, 1.165) is 43.2 Å². The summed E-state index contributed by atoms with van der Waals surface area (Å²) in [7, 11) is 0. The van der Waals surface area contributed by atoms with E-state index in [1.807, 2.05) is 18.2 Å². The summed E-state index contributed by atoms with van der Waals surface area (Å²) in [6, 6.07) is 16.6. The number of nitrogens with zero attached hydrogens (tertiary/aromatic N) is 1. The summed E-state index contributed by atoms with van der Waals surface area (Å²) in [6.07, 6.45) is 3.57. The predicted molar refractivity (Wildman–Crippen MR) is 110 cm³/mol. The maximum absolute atomic E-state index is 6.35. The Morgan fingerprint density at radius 2 is 1.81 bits per heavy atom. The minimum atomic E-state index is 0.304. The first-order valence-corrected chi connectivity index (χ1v) is 9.65. The molecule has 1 heterocycles. The number of aromatic nitrogens is 1. The lowest BCUT2D eigenvalue weighted by Crippen LogP contribution is -2.17. The van der Waals surface area contributed by atoms with Gasteiger partial charge in [-0.15, -0.1) is 0 Å². The molecule has 1 N–H and O–H groups in total. The second-order valence-corrected chi connectivity index (χ2v) is 7.25. The minimum Gasteiger partial charge on any atom is -0.379 e. The van der Waals surface area contributed by atoms with E-state index in [0.29, 0.717) is 6.10 Å². The van der Waals surface area contributed by atoms with Crippen molar-refractivity contribution in [1.82, 2.24) is 9.88 Å². The van der Waals surface area contributed by atoms with Crippen LogP contribution < -0.4 is 5.32 Å². The summed E-state index contributed by atoms with van der Waals surface area (Å²) in [6.45, 7) is 7.54. The van der Waals surface area contributed by atoms with Crippen molar-refractivity contribution in [3.8, 4) is 0 Å². The molecule has 0 radical (unpaired) electrons. The number of hydrogen-bond acceptors (Lipinski definition) is 2. The SMILES string of the molecule is CC(C)OCCCNCc1cn(Cc2ccccc2Cl)c2ccccc12. The lowest BCUT2D eigenvalue weighted by atomic mass is 10.2. The smallest absolute Gasteiger partial charge is 0.0518 e. The first-order valence-electron chi connectivity index (χ1n) is 9.27. The van der Waals surface area contributed by atoms with Gasteiger partial charge in [0.05, 0.1) is 6.10 Å². The first kappa shape index (κ1) is 19.0. The van der Waals surface area contributed by atoms with Crippen LogP contribution in [0, 0.1) is 0 Å².